The van der Waals surface area contributed by atoms with Gasteiger partial charge in [-0.3, -0.25) is 4.79 Å². The van der Waals surface area contributed by atoms with Crippen LogP contribution in [-0.4, -0.2) is 26.6 Å². The predicted molar refractivity (Wildman–Crippen MR) is 91.5 cm³/mol. The van der Waals surface area contributed by atoms with E-state index < -0.39 is 0 Å². The summed E-state index contributed by atoms with van der Waals surface area (Å²) in [6, 6.07) is 16.2. The molecule has 1 unspecified atom stereocenters. The quantitative estimate of drug-likeness (QED) is 0.805. The monoisotopic (exact) mass is 319 g/mol. The summed E-state index contributed by atoms with van der Waals surface area (Å²) >= 11 is 0. The van der Waals surface area contributed by atoms with E-state index in [1.54, 1.807) is 0 Å². The minimum Gasteiger partial charge on any atom is -0.273 e. The lowest BCUT2D eigenvalue weighted by atomic mass is 9.94. The van der Waals surface area contributed by atoms with Crippen molar-refractivity contribution in [2.45, 2.75) is 19.9 Å². The standard InChI is InChI=1S/C18H17N5O/c1-12-9-17(24)20-21-18(12)14-7-8-16-15(10-14)19-22-23(16)11-13-5-3-2-4-6-13/h2-8,10,12H,9,11H2,1H3,(H,20,24). The second kappa shape index (κ2) is 5.88. The molecule has 0 saturated carbocycles. The van der Waals surface area contributed by atoms with Gasteiger partial charge in [0.1, 0.15) is 5.52 Å². The van der Waals surface area contributed by atoms with Gasteiger partial charge in [-0.2, -0.15) is 5.10 Å². The maximum Gasteiger partial charge on any atom is 0.240 e. The maximum absolute atomic E-state index is 11.4. The number of aromatic nitrogens is 3. The molecule has 1 amide bonds. The molecule has 4 rings (SSSR count). The summed E-state index contributed by atoms with van der Waals surface area (Å²) in [7, 11) is 0. The maximum atomic E-state index is 11.4. The van der Waals surface area contributed by atoms with Crippen LogP contribution in [0.3, 0.4) is 0 Å². The minimum absolute atomic E-state index is 0.0406. The number of benzene rings is 2. The van der Waals surface area contributed by atoms with Crippen LogP contribution in [-0.2, 0) is 11.3 Å². The van der Waals surface area contributed by atoms with Crippen molar-refractivity contribution in [1.82, 2.24) is 20.4 Å². The lowest BCUT2D eigenvalue weighted by molar-refractivity contribution is -0.121. The summed E-state index contributed by atoms with van der Waals surface area (Å²) in [4.78, 5) is 11.4. The molecule has 2 heterocycles. The predicted octanol–water partition coefficient (Wildman–Crippen LogP) is 2.34. The second-order valence-electron chi connectivity index (χ2n) is 6.07. The third-order valence-corrected chi connectivity index (χ3v) is 4.24. The molecule has 0 radical (unpaired) electrons. The zero-order chi connectivity index (χ0) is 16.5. The van der Waals surface area contributed by atoms with Gasteiger partial charge in [0.05, 0.1) is 17.8 Å². The summed E-state index contributed by atoms with van der Waals surface area (Å²) in [6.07, 6.45) is 0.456. The van der Waals surface area contributed by atoms with E-state index in [-0.39, 0.29) is 11.8 Å². The van der Waals surface area contributed by atoms with Crippen LogP contribution in [0, 0.1) is 5.92 Å². The van der Waals surface area contributed by atoms with Crippen LogP contribution in [0.15, 0.2) is 53.6 Å². The van der Waals surface area contributed by atoms with Gasteiger partial charge in [-0.25, -0.2) is 10.1 Å². The van der Waals surface area contributed by atoms with E-state index in [9.17, 15) is 4.79 Å². The molecular weight excluding hydrogens is 302 g/mol. The van der Waals surface area contributed by atoms with Crippen molar-refractivity contribution < 1.29 is 4.79 Å². The Morgan fingerprint density at radius 2 is 2.04 bits per heavy atom. The normalized spacial score (nSPS) is 17.6. The average Bonchev–Trinajstić information content (AvgIpc) is 2.98. The van der Waals surface area contributed by atoms with Crippen LogP contribution in [0.2, 0.25) is 0 Å². The van der Waals surface area contributed by atoms with E-state index in [1.807, 2.05) is 48.0 Å². The molecule has 0 spiro atoms. The number of amides is 1. The van der Waals surface area contributed by atoms with Crippen LogP contribution in [0.5, 0.6) is 0 Å². The number of carbonyl (C=O) groups is 1. The molecular formula is C18H17N5O. The van der Waals surface area contributed by atoms with Gasteiger partial charge in [-0.15, -0.1) is 5.10 Å². The zero-order valence-corrected chi connectivity index (χ0v) is 13.3. The first kappa shape index (κ1) is 14.6. The van der Waals surface area contributed by atoms with E-state index in [4.69, 9.17) is 0 Å². The summed E-state index contributed by atoms with van der Waals surface area (Å²) in [5.74, 6) is 0.0525. The van der Waals surface area contributed by atoms with Crippen molar-refractivity contribution >= 4 is 22.7 Å². The second-order valence-corrected chi connectivity index (χ2v) is 6.07. The van der Waals surface area contributed by atoms with E-state index >= 15 is 0 Å². The molecule has 0 bridgehead atoms. The Labute approximate surface area is 139 Å². The number of nitrogens with one attached hydrogen (secondary N) is 1. The van der Waals surface area contributed by atoms with Gasteiger partial charge in [0.2, 0.25) is 5.91 Å². The van der Waals surface area contributed by atoms with Crippen molar-refractivity contribution in [3.8, 4) is 0 Å². The SMILES string of the molecule is CC1CC(=O)NN=C1c1ccc2c(c1)nnn2Cc1ccccc1. The van der Waals surface area contributed by atoms with Crippen molar-refractivity contribution in [2.24, 2.45) is 11.0 Å². The van der Waals surface area contributed by atoms with Crippen molar-refractivity contribution in [3.63, 3.8) is 0 Å². The van der Waals surface area contributed by atoms with Crippen LogP contribution in [0.4, 0.5) is 0 Å². The zero-order valence-electron chi connectivity index (χ0n) is 13.3. The molecule has 1 atom stereocenters. The smallest absolute Gasteiger partial charge is 0.240 e. The Hall–Kier alpha value is -3.02. The first-order chi connectivity index (χ1) is 11.7. The van der Waals surface area contributed by atoms with Crippen LogP contribution < -0.4 is 5.43 Å². The van der Waals surface area contributed by atoms with Crippen molar-refractivity contribution in [2.75, 3.05) is 0 Å². The Morgan fingerprint density at radius 3 is 2.83 bits per heavy atom. The van der Waals surface area contributed by atoms with Gasteiger partial charge < -0.3 is 0 Å². The number of hydrazone groups is 1. The van der Waals surface area contributed by atoms with Crippen LogP contribution in [0.25, 0.3) is 11.0 Å². The van der Waals surface area contributed by atoms with Crippen molar-refractivity contribution in [3.05, 3.63) is 59.7 Å². The molecule has 1 N–H and O–H groups in total. The first-order valence-electron chi connectivity index (χ1n) is 7.94. The molecule has 120 valence electrons. The number of nitrogens with zero attached hydrogens (tertiary/aromatic N) is 4. The van der Waals surface area contributed by atoms with Gasteiger partial charge in [0.15, 0.2) is 0 Å². The Balaban J connectivity index is 1.67. The highest BCUT2D eigenvalue weighted by Crippen LogP contribution is 2.20. The lowest BCUT2D eigenvalue weighted by Crippen LogP contribution is -2.31. The average molecular weight is 319 g/mol. The van der Waals surface area contributed by atoms with Gasteiger partial charge in [-0.05, 0) is 17.7 Å². The summed E-state index contributed by atoms with van der Waals surface area (Å²) in [5.41, 5.74) is 7.40. The number of fused-ring (bicyclic) bond motifs is 1. The third kappa shape index (κ3) is 2.67. The molecule has 2 aromatic carbocycles. The molecule has 6 nitrogen and oxygen atoms in total. The molecule has 0 aliphatic carbocycles. The largest absolute Gasteiger partial charge is 0.273 e. The van der Waals surface area contributed by atoms with E-state index in [0.717, 1.165) is 22.3 Å². The molecule has 24 heavy (non-hydrogen) atoms. The summed E-state index contributed by atoms with van der Waals surface area (Å²) < 4.78 is 1.89. The number of rotatable bonds is 3. The number of hydrogen-bond donors (Lipinski definition) is 1. The first-order valence-corrected chi connectivity index (χ1v) is 7.94. The van der Waals surface area contributed by atoms with Gasteiger partial charge in [-0.1, -0.05) is 48.5 Å². The van der Waals surface area contributed by atoms with E-state index in [0.29, 0.717) is 13.0 Å². The summed E-state index contributed by atoms with van der Waals surface area (Å²) in [6.45, 7) is 2.69. The Bertz CT molecular complexity index is 929. The van der Waals surface area contributed by atoms with Gasteiger partial charge >= 0.3 is 0 Å². The third-order valence-electron chi connectivity index (χ3n) is 4.24. The molecule has 6 heteroatoms. The molecule has 1 aliphatic heterocycles. The molecule has 1 aromatic heterocycles. The Morgan fingerprint density at radius 1 is 1.21 bits per heavy atom. The highest BCUT2D eigenvalue weighted by atomic mass is 16.2. The Kier molecular flexibility index (Phi) is 3.57. The molecule has 0 saturated heterocycles. The topological polar surface area (TPSA) is 72.2 Å². The van der Waals surface area contributed by atoms with Crippen LogP contribution >= 0.6 is 0 Å². The highest BCUT2D eigenvalue weighted by molar-refractivity contribution is 6.07. The van der Waals surface area contributed by atoms with Gasteiger partial charge in [0.25, 0.3) is 0 Å². The fourth-order valence-electron chi connectivity index (χ4n) is 3.01. The number of carbonyl (C=O) groups excluding carboxylic acids is 1. The molecule has 1 aliphatic rings. The fraction of sp³-hybridized carbons (Fsp3) is 0.222. The van der Waals surface area contributed by atoms with Gasteiger partial charge in [0, 0.05) is 17.9 Å². The lowest BCUT2D eigenvalue weighted by Gasteiger charge is -2.19. The minimum atomic E-state index is -0.0406. The van der Waals surface area contributed by atoms with E-state index in [2.05, 4.69) is 33.0 Å². The summed E-state index contributed by atoms with van der Waals surface area (Å²) in [5, 5.41) is 12.8. The van der Waals surface area contributed by atoms with Crippen molar-refractivity contribution in [1.29, 1.82) is 0 Å². The number of hydrogen-bond acceptors (Lipinski definition) is 4. The molecule has 0 fully saturated rings. The molecule has 3 aromatic rings. The van der Waals surface area contributed by atoms with E-state index in [1.165, 1.54) is 5.56 Å². The fourth-order valence-corrected chi connectivity index (χ4v) is 3.01. The van der Waals surface area contributed by atoms with Crippen LogP contribution in [0.1, 0.15) is 24.5 Å². The highest BCUT2D eigenvalue weighted by Gasteiger charge is 2.22.